The molecular formula is C22H44O6. The summed E-state index contributed by atoms with van der Waals surface area (Å²) in [6, 6.07) is 0. The fraction of sp³-hybridized carbons (Fsp3) is 0.955. The first kappa shape index (κ1) is 27.3. The maximum absolute atomic E-state index is 11.8. The maximum atomic E-state index is 11.8. The van der Waals surface area contributed by atoms with Gasteiger partial charge < -0.3 is 0 Å². The quantitative estimate of drug-likeness (QED) is 0.167. The third kappa shape index (κ3) is 20.1. The lowest BCUT2D eigenvalue weighted by Gasteiger charge is -2.21. The van der Waals surface area contributed by atoms with E-state index in [9.17, 15) is 4.79 Å². The second-order valence-corrected chi connectivity index (χ2v) is 9.51. The summed E-state index contributed by atoms with van der Waals surface area (Å²) < 4.78 is 0. The lowest BCUT2D eigenvalue weighted by molar-refractivity contribution is -0.514. The van der Waals surface area contributed by atoms with Crippen LogP contribution in [0.2, 0.25) is 0 Å². The van der Waals surface area contributed by atoms with Crippen molar-refractivity contribution < 1.29 is 29.4 Å². The Bertz CT molecular complexity index is 383. The molecule has 0 saturated heterocycles. The van der Waals surface area contributed by atoms with Crippen LogP contribution in [0.25, 0.3) is 0 Å². The number of unbranched alkanes of at least 4 members (excludes halogenated alkanes) is 6. The van der Waals surface area contributed by atoms with E-state index in [2.05, 4.69) is 16.8 Å². The molecule has 0 fully saturated rings. The first-order valence-electron chi connectivity index (χ1n) is 10.9. The third-order valence-corrected chi connectivity index (χ3v) is 4.00. The van der Waals surface area contributed by atoms with E-state index in [4.69, 9.17) is 14.7 Å². The van der Waals surface area contributed by atoms with Gasteiger partial charge in [0.25, 0.3) is 0 Å². The number of rotatable bonds is 16. The van der Waals surface area contributed by atoms with Gasteiger partial charge in [-0.3, -0.25) is 4.89 Å². The third-order valence-electron chi connectivity index (χ3n) is 4.00. The molecule has 6 nitrogen and oxygen atoms in total. The molecule has 0 rings (SSSR count). The van der Waals surface area contributed by atoms with Crippen molar-refractivity contribution in [2.24, 2.45) is 5.92 Å². The van der Waals surface area contributed by atoms with Gasteiger partial charge in [-0.1, -0.05) is 51.9 Å². The highest BCUT2D eigenvalue weighted by atomic mass is 17.5. The van der Waals surface area contributed by atoms with Gasteiger partial charge in [0.15, 0.2) is 0 Å². The van der Waals surface area contributed by atoms with E-state index in [1.54, 1.807) is 0 Å². The minimum atomic E-state index is -0.530. The average Bonchev–Trinajstić information content (AvgIpc) is 2.56. The molecule has 0 bridgehead atoms. The van der Waals surface area contributed by atoms with E-state index in [-0.39, 0.29) is 17.9 Å². The fourth-order valence-corrected chi connectivity index (χ4v) is 2.53. The smallest absolute Gasteiger partial charge is 0.269 e. The standard InChI is InChI=1S/C22H44O6/c1-8-9-10-11-12-13-14-15-19(18-24-26-21(2,3)4)16-17-20(23)25-28-27-22(5,6)7/h19H,8-18H2,1-7H3. The van der Waals surface area contributed by atoms with Gasteiger partial charge in [-0.05, 0) is 65.3 Å². The largest absolute Gasteiger partial charge is 0.345 e. The molecular weight excluding hydrogens is 360 g/mol. The van der Waals surface area contributed by atoms with Gasteiger partial charge in [0.2, 0.25) is 0 Å². The van der Waals surface area contributed by atoms with Gasteiger partial charge in [0.1, 0.15) is 0 Å². The number of carbonyl (C=O) groups excluding carboxylic acids is 1. The van der Waals surface area contributed by atoms with Crippen molar-refractivity contribution in [1.29, 1.82) is 0 Å². The highest BCUT2D eigenvalue weighted by Crippen LogP contribution is 2.20. The Morgan fingerprint density at radius 2 is 1.36 bits per heavy atom. The summed E-state index contributed by atoms with van der Waals surface area (Å²) in [5, 5.41) is 4.56. The molecule has 0 aliphatic heterocycles. The van der Waals surface area contributed by atoms with Crippen LogP contribution >= 0.6 is 0 Å². The zero-order chi connectivity index (χ0) is 21.5. The molecule has 0 aromatic carbocycles. The summed E-state index contributed by atoms with van der Waals surface area (Å²) >= 11 is 0. The van der Waals surface area contributed by atoms with Crippen LogP contribution < -0.4 is 0 Å². The summed E-state index contributed by atoms with van der Waals surface area (Å²) in [5.74, 6) is -0.195. The molecule has 28 heavy (non-hydrogen) atoms. The molecule has 0 aliphatic rings. The first-order chi connectivity index (χ1) is 13.0. The van der Waals surface area contributed by atoms with Crippen molar-refractivity contribution in [3.63, 3.8) is 0 Å². The van der Waals surface area contributed by atoms with Gasteiger partial charge in [-0.2, -0.15) is 4.89 Å². The Morgan fingerprint density at radius 1 is 0.786 bits per heavy atom. The molecule has 6 heteroatoms. The molecule has 1 unspecified atom stereocenters. The van der Waals surface area contributed by atoms with Crippen molar-refractivity contribution in [1.82, 2.24) is 0 Å². The second kappa shape index (κ2) is 15.2. The monoisotopic (exact) mass is 404 g/mol. The molecule has 0 heterocycles. The molecule has 0 aromatic heterocycles. The van der Waals surface area contributed by atoms with Gasteiger partial charge >= 0.3 is 5.97 Å². The predicted molar refractivity (Wildman–Crippen MR) is 110 cm³/mol. The number of hydrogen-bond donors (Lipinski definition) is 0. The lowest BCUT2D eigenvalue weighted by atomic mass is 9.96. The highest BCUT2D eigenvalue weighted by Gasteiger charge is 2.18. The van der Waals surface area contributed by atoms with Gasteiger partial charge in [-0.15, -0.1) is 0 Å². The topological polar surface area (TPSA) is 63.2 Å². The molecule has 0 spiro atoms. The molecule has 0 amide bonds. The summed E-state index contributed by atoms with van der Waals surface area (Å²) in [6.45, 7) is 14.0. The molecule has 1 atom stereocenters. The van der Waals surface area contributed by atoms with Crippen molar-refractivity contribution >= 4 is 5.97 Å². The van der Waals surface area contributed by atoms with E-state index in [0.29, 0.717) is 13.0 Å². The van der Waals surface area contributed by atoms with E-state index in [1.807, 2.05) is 41.5 Å². The van der Waals surface area contributed by atoms with Crippen molar-refractivity contribution in [3.8, 4) is 0 Å². The van der Waals surface area contributed by atoms with Crippen LogP contribution in [-0.4, -0.2) is 23.8 Å². The Morgan fingerprint density at radius 3 is 1.93 bits per heavy atom. The summed E-state index contributed by atoms with van der Waals surface area (Å²) in [4.78, 5) is 32.3. The van der Waals surface area contributed by atoms with Crippen LogP contribution in [0.3, 0.4) is 0 Å². The van der Waals surface area contributed by atoms with Gasteiger partial charge in [-0.25, -0.2) is 14.6 Å². The number of hydrogen-bond acceptors (Lipinski definition) is 6. The van der Waals surface area contributed by atoms with Crippen molar-refractivity contribution in [2.75, 3.05) is 6.61 Å². The number of carbonyl (C=O) groups is 1. The summed E-state index contributed by atoms with van der Waals surface area (Å²) in [5.41, 5.74) is -0.876. The zero-order valence-electron chi connectivity index (χ0n) is 19.3. The Balaban J connectivity index is 4.15. The van der Waals surface area contributed by atoms with Crippen molar-refractivity contribution in [3.05, 3.63) is 0 Å². The molecule has 0 N–H and O–H groups in total. The van der Waals surface area contributed by atoms with Crippen LogP contribution in [0, 0.1) is 5.92 Å². The Labute approximate surface area is 172 Å². The summed E-state index contributed by atoms with van der Waals surface area (Å²) in [7, 11) is 0. The molecule has 0 aromatic rings. The van der Waals surface area contributed by atoms with Crippen LogP contribution in [0.4, 0.5) is 0 Å². The highest BCUT2D eigenvalue weighted by molar-refractivity contribution is 5.68. The van der Waals surface area contributed by atoms with Crippen molar-refractivity contribution in [2.45, 2.75) is 124 Å². The second-order valence-electron chi connectivity index (χ2n) is 9.51. The maximum Gasteiger partial charge on any atom is 0.345 e. The normalized spacial score (nSPS) is 13.5. The van der Waals surface area contributed by atoms with Crippen LogP contribution in [0.15, 0.2) is 0 Å². The first-order valence-corrected chi connectivity index (χ1v) is 10.9. The Kier molecular flexibility index (Phi) is 14.8. The zero-order valence-corrected chi connectivity index (χ0v) is 19.3. The van der Waals surface area contributed by atoms with E-state index in [1.165, 1.54) is 38.5 Å². The van der Waals surface area contributed by atoms with Crippen LogP contribution in [0.1, 0.15) is 113 Å². The average molecular weight is 405 g/mol. The van der Waals surface area contributed by atoms with Crippen LogP contribution in [-0.2, 0) is 29.4 Å². The van der Waals surface area contributed by atoms with E-state index < -0.39 is 11.6 Å². The van der Waals surface area contributed by atoms with Crippen LogP contribution in [0.5, 0.6) is 0 Å². The van der Waals surface area contributed by atoms with E-state index in [0.717, 1.165) is 12.8 Å². The lowest BCUT2D eigenvalue weighted by Crippen LogP contribution is -2.23. The SMILES string of the molecule is CCCCCCCCCC(CCC(=O)OOOC(C)(C)C)COOC(C)(C)C. The molecule has 168 valence electrons. The Hall–Kier alpha value is -0.690. The predicted octanol–water partition coefficient (Wildman–Crippen LogP) is 6.48. The summed E-state index contributed by atoms with van der Waals surface area (Å²) in [6.07, 6.45) is 10.8. The minimum Gasteiger partial charge on any atom is -0.269 e. The molecule has 0 radical (unpaired) electrons. The van der Waals surface area contributed by atoms with E-state index >= 15 is 0 Å². The van der Waals surface area contributed by atoms with Gasteiger partial charge in [0.05, 0.1) is 17.8 Å². The van der Waals surface area contributed by atoms with Gasteiger partial charge in [0, 0.05) is 6.42 Å². The molecule has 0 saturated carbocycles. The minimum absolute atomic E-state index is 0.245. The molecule has 0 aliphatic carbocycles. The fourth-order valence-electron chi connectivity index (χ4n) is 2.53.